The first kappa shape index (κ1) is 18.7. The molecular formula is C22H21N5O2. The normalized spacial score (nSPS) is 12.2. The molecule has 0 aliphatic heterocycles. The summed E-state index contributed by atoms with van der Waals surface area (Å²) < 4.78 is 7.49. The molecule has 0 aliphatic carbocycles. The Morgan fingerprint density at radius 2 is 2.14 bits per heavy atom. The molecule has 146 valence electrons. The Bertz CT molecular complexity index is 1230. The van der Waals surface area contributed by atoms with Gasteiger partial charge in [0.05, 0.1) is 12.2 Å². The second-order valence-electron chi connectivity index (χ2n) is 7.14. The van der Waals surface area contributed by atoms with Crippen LogP contribution in [0, 0.1) is 25.2 Å². The molecule has 1 atom stereocenters. The van der Waals surface area contributed by atoms with Crippen LogP contribution in [0.15, 0.2) is 40.9 Å². The molecule has 4 aromatic rings. The van der Waals surface area contributed by atoms with E-state index in [-0.39, 0.29) is 11.9 Å². The molecular weight excluding hydrogens is 366 g/mol. The highest BCUT2D eigenvalue weighted by molar-refractivity contribution is 5.79. The summed E-state index contributed by atoms with van der Waals surface area (Å²) in [7, 11) is 0. The minimum Gasteiger partial charge on any atom is -0.459 e. The standard InChI is InChI=1S/C22H21N5O2/c1-13-18(15(3)27-22(26-13)17(11-23)12-24-27)8-9-21(28)25-14(2)20-10-16-6-4-5-7-19(16)29-20/h4-7,10,12,14H,8-9H2,1-3H3,(H,25,28)/t14-/m0/s1. The molecule has 1 amide bonds. The van der Waals surface area contributed by atoms with Crippen molar-refractivity contribution < 1.29 is 9.21 Å². The van der Waals surface area contributed by atoms with Gasteiger partial charge in [-0.1, -0.05) is 18.2 Å². The van der Waals surface area contributed by atoms with Crippen LogP contribution in [0.5, 0.6) is 0 Å². The van der Waals surface area contributed by atoms with Gasteiger partial charge in [-0.15, -0.1) is 0 Å². The second-order valence-corrected chi connectivity index (χ2v) is 7.14. The van der Waals surface area contributed by atoms with Gasteiger partial charge in [0.2, 0.25) is 5.91 Å². The number of aryl methyl sites for hydroxylation is 2. The Kier molecular flexibility index (Phi) is 4.77. The van der Waals surface area contributed by atoms with Gasteiger partial charge in [0, 0.05) is 23.2 Å². The van der Waals surface area contributed by atoms with E-state index in [4.69, 9.17) is 4.42 Å². The van der Waals surface area contributed by atoms with Crippen molar-refractivity contribution in [1.82, 2.24) is 19.9 Å². The maximum atomic E-state index is 12.5. The highest BCUT2D eigenvalue weighted by Gasteiger charge is 2.17. The number of amides is 1. The van der Waals surface area contributed by atoms with Crippen LogP contribution in [0.2, 0.25) is 0 Å². The summed E-state index contributed by atoms with van der Waals surface area (Å²) in [5.41, 5.74) is 4.48. The highest BCUT2D eigenvalue weighted by Crippen LogP contribution is 2.24. The van der Waals surface area contributed by atoms with Crippen LogP contribution in [0.25, 0.3) is 16.6 Å². The van der Waals surface area contributed by atoms with Gasteiger partial charge in [0.15, 0.2) is 5.65 Å². The third-order valence-electron chi connectivity index (χ3n) is 5.18. The van der Waals surface area contributed by atoms with E-state index in [1.165, 1.54) is 6.20 Å². The fraction of sp³-hybridized carbons (Fsp3) is 0.273. The van der Waals surface area contributed by atoms with Crippen molar-refractivity contribution in [3.05, 3.63) is 64.8 Å². The molecule has 0 bridgehead atoms. The Morgan fingerprint density at radius 3 is 2.90 bits per heavy atom. The zero-order valence-electron chi connectivity index (χ0n) is 16.6. The predicted molar refractivity (Wildman–Crippen MR) is 108 cm³/mol. The molecule has 3 aromatic heterocycles. The summed E-state index contributed by atoms with van der Waals surface area (Å²) in [5.74, 6) is 0.672. The molecule has 0 radical (unpaired) electrons. The lowest BCUT2D eigenvalue weighted by molar-refractivity contribution is -0.121. The number of nitrogens with zero attached hydrogens (tertiary/aromatic N) is 4. The first-order chi connectivity index (χ1) is 14.0. The third-order valence-corrected chi connectivity index (χ3v) is 5.18. The minimum atomic E-state index is -0.220. The minimum absolute atomic E-state index is 0.0602. The molecule has 0 spiro atoms. The number of rotatable bonds is 5. The first-order valence-corrected chi connectivity index (χ1v) is 9.49. The average molecular weight is 387 g/mol. The number of fused-ring (bicyclic) bond motifs is 2. The van der Waals surface area contributed by atoms with Gasteiger partial charge in [-0.25, -0.2) is 9.50 Å². The van der Waals surface area contributed by atoms with E-state index in [1.807, 2.05) is 51.1 Å². The van der Waals surface area contributed by atoms with Gasteiger partial charge in [-0.2, -0.15) is 10.4 Å². The SMILES string of the molecule is Cc1nc2c(C#N)cnn2c(C)c1CCC(=O)N[C@@H](C)c1cc2ccccc2o1. The lowest BCUT2D eigenvalue weighted by Crippen LogP contribution is -2.26. The number of nitrogens with one attached hydrogen (secondary N) is 1. The number of nitriles is 1. The molecule has 4 rings (SSSR count). The van der Waals surface area contributed by atoms with Crippen molar-refractivity contribution in [3.8, 4) is 6.07 Å². The van der Waals surface area contributed by atoms with E-state index in [0.717, 1.165) is 33.7 Å². The molecule has 7 nitrogen and oxygen atoms in total. The van der Waals surface area contributed by atoms with Crippen LogP contribution < -0.4 is 5.32 Å². The second kappa shape index (κ2) is 7.40. The van der Waals surface area contributed by atoms with Crippen LogP contribution in [-0.4, -0.2) is 20.5 Å². The summed E-state index contributed by atoms with van der Waals surface area (Å²) in [5, 5.41) is 17.4. The Balaban J connectivity index is 1.46. The molecule has 0 unspecified atom stereocenters. The van der Waals surface area contributed by atoms with E-state index >= 15 is 0 Å². The summed E-state index contributed by atoms with van der Waals surface area (Å²) in [4.78, 5) is 17.0. The number of hydrogen-bond donors (Lipinski definition) is 1. The quantitative estimate of drug-likeness (QED) is 0.562. The third kappa shape index (κ3) is 3.45. The van der Waals surface area contributed by atoms with E-state index in [0.29, 0.717) is 24.1 Å². The average Bonchev–Trinajstić information content (AvgIpc) is 3.31. The number of para-hydroxylation sites is 1. The lowest BCUT2D eigenvalue weighted by Gasteiger charge is -2.13. The van der Waals surface area contributed by atoms with Crippen molar-refractivity contribution >= 4 is 22.5 Å². The van der Waals surface area contributed by atoms with E-state index in [9.17, 15) is 10.1 Å². The Morgan fingerprint density at radius 1 is 1.34 bits per heavy atom. The molecule has 3 heterocycles. The molecule has 0 aliphatic rings. The van der Waals surface area contributed by atoms with E-state index in [2.05, 4.69) is 21.5 Å². The summed E-state index contributed by atoms with van der Waals surface area (Å²) >= 11 is 0. The number of aromatic nitrogens is 3. The number of carbonyl (C=O) groups is 1. The van der Waals surface area contributed by atoms with Crippen molar-refractivity contribution in [2.45, 2.75) is 39.7 Å². The molecule has 1 N–H and O–H groups in total. The van der Waals surface area contributed by atoms with Crippen LogP contribution in [0.4, 0.5) is 0 Å². The fourth-order valence-electron chi connectivity index (χ4n) is 3.59. The highest BCUT2D eigenvalue weighted by atomic mass is 16.3. The van der Waals surface area contributed by atoms with Crippen LogP contribution in [0.1, 0.15) is 47.7 Å². The predicted octanol–water partition coefficient (Wildman–Crippen LogP) is 3.77. The topological polar surface area (TPSA) is 96.2 Å². The smallest absolute Gasteiger partial charge is 0.220 e. The summed E-state index contributed by atoms with van der Waals surface area (Å²) in [6, 6.07) is 11.6. The van der Waals surface area contributed by atoms with Crippen molar-refractivity contribution in [1.29, 1.82) is 5.26 Å². The fourth-order valence-corrected chi connectivity index (χ4v) is 3.59. The maximum absolute atomic E-state index is 12.5. The monoisotopic (exact) mass is 387 g/mol. The largest absolute Gasteiger partial charge is 0.459 e. The van der Waals surface area contributed by atoms with Gasteiger partial charge >= 0.3 is 0 Å². The molecule has 0 saturated carbocycles. The van der Waals surface area contributed by atoms with Crippen molar-refractivity contribution in [2.24, 2.45) is 0 Å². The van der Waals surface area contributed by atoms with Crippen LogP contribution >= 0.6 is 0 Å². The molecule has 0 fully saturated rings. The Labute approximate surface area is 168 Å². The van der Waals surface area contributed by atoms with Gasteiger partial charge in [-0.05, 0) is 44.9 Å². The van der Waals surface area contributed by atoms with E-state index < -0.39 is 0 Å². The number of carbonyl (C=O) groups excluding carboxylic acids is 1. The molecule has 0 saturated heterocycles. The molecule has 29 heavy (non-hydrogen) atoms. The number of furan rings is 1. The van der Waals surface area contributed by atoms with Crippen molar-refractivity contribution in [3.63, 3.8) is 0 Å². The van der Waals surface area contributed by atoms with E-state index in [1.54, 1.807) is 4.52 Å². The van der Waals surface area contributed by atoms with Crippen LogP contribution in [-0.2, 0) is 11.2 Å². The zero-order chi connectivity index (χ0) is 20.5. The first-order valence-electron chi connectivity index (χ1n) is 9.49. The molecule has 7 heteroatoms. The Hall–Kier alpha value is -3.66. The lowest BCUT2D eigenvalue weighted by atomic mass is 10.1. The van der Waals surface area contributed by atoms with Gasteiger partial charge in [0.25, 0.3) is 0 Å². The zero-order valence-corrected chi connectivity index (χ0v) is 16.6. The summed E-state index contributed by atoms with van der Waals surface area (Å²) in [6.07, 6.45) is 2.38. The summed E-state index contributed by atoms with van der Waals surface area (Å²) in [6.45, 7) is 5.73. The van der Waals surface area contributed by atoms with Gasteiger partial charge < -0.3 is 9.73 Å². The van der Waals surface area contributed by atoms with Gasteiger partial charge in [-0.3, -0.25) is 4.79 Å². The molecule has 1 aromatic carbocycles. The number of hydrogen-bond acceptors (Lipinski definition) is 5. The van der Waals surface area contributed by atoms with Gasteiger partial charge in [0.1, 0.15) is 23.0 Å². The van der Waals surface area contributed by atoms with Crippen molar-refractivity contribution in [2.75, 3.05) is 0 Å². The number of benzene rings is 1. The maximum Gasteiger partial charge on any atom is 0.220 e. The van der Waals surface area contributed by atoms with Crippen LogP contribution in [0.3, 0.4) is 0 Å².